The van der Waals surface area contributed by atoms with Gasteiger partial charge >= 0.3 is 5.97 Å². The van der Waals surface area contributed by atoms with Crippen molar-refractivity contribution in [2.75, 3.05) is 0 Å². The van der Waals surface area contributed by atoms with E-state index in [1.807, 2.05) is 6.92 Å². The Morgan fingerprint density at radius 1 is 1.62 bits per heavy atom. The summed E-state index contributed by atoms with van der Waals surface area (Å²) in [5.41, 5.74) is 1.27. The van der Waals surface area contributed by atoms with Crippen molar-refractivity contribution in [2.45, 2.75) is 13.3 Å². The number of hydrogen-bond donors (Lipinski definition) is 0. The van der Waals surface area contributed by atoms with Crippen molar-refractivity contribution in [1.82, 2.24) is 0 Å². The Balaban J connectivity index is 3.02. The zero-order valence-corrected chi connectivity index (χ0v) is 8.60. The Bertz CT molecular complexity index is 325. The van der Waals surface area contributed by atoms with Crippen LogP contribution in [0.4, 0.5) is 4.53 Å². The summed E-state index contributed by atoms with van der Waals surface area (Å²) >= 11 is 3.27. The van der Waals surface area contributed by atoms with Crippen LogP contribution >= 0.6 is 15.9 Å². The zero-order valence-electron chi connectivity index (χ0n) is 7.01. The molecule has 0 aromatic heterocycles. The summed E-state index contributed by atoms with van der Waals surface area (Å²) in [5, 5.41) is 0. The standard InChI is InChI=1S/C9H8BrFO2/c1-2-6-3-4-7(5-8(6)10)9(12)13-11/h3-5H,2H2,1H3. The molecule has 0 saturated carbocycles. The molecule has 4 heteroatoms. The Hall–Kier alpha value is -0.900. The minimum Gasteiger partial charge on any atom is -0.249 e. The molecule has 0 bridgehead atoms. The summed E-state index contributed by atoms with van der Waals surface area (Å²) in [6.45, 7) is 1.99. The third-order valence-corrected chi connectivity index (χ3v) is 2.48. The molecule has 2 nitrogen and oxygen atoms in total. The van der Waals surface area contributed by atoms with E-state index in [2.05, 4.69) is 20.9 Å². The fourth-order valence-corrected chi connectivity index (χ4v) is 1.66. The van der Waals surface area contributed by atoms with Crippen LogP contribution in [-0.4, -0.2) is 5.97 Å². The van der Waals surface area contributed by atoms with Gasteiger partial charge in [-0.25, -0.2) is 9.74 Å². The summed E-state index contributed by atoms with van der Waals surface area (Å²) in [7, 11) is 0. The number of benzene rings is 1. The maximum absolute atomic E-state index is 11.5. The quantitative estimate of drug-likeness (QED) is 0.802. The van der Waals surface area contributed by atoms with E-state index in [0.29, 0.717) is 0 Å². The van der Waals surface area contributed by atoms with Gasteiger partial charge in [0.2, 0.25) is 0 Å². The number of aryl methyl sites for hydroxylation is 1. The first kappa shape index (κ1) is 10.2. The van der Waals surface area contributed by atoms with Crippen molar-refractivity contribution >= 4 is 21.9 Å². The normalized spacial score (nSPS) is 9.77. The molecule has 0 aliphatic rings. The Kier molecular flexibility index (Phi) is 3.42. The Morgan fingerprint density at radius 2 is 2.31 bits per heavy atom. The van der Waals surface area contributed by atoms with Gasteiger partial charge in [0, 0.05) is 9.00 Å². The van der Waals surface area contributed by atoms with E-state index in [9.17, 15) is 9.32 Å². The minimum atomic E-state index is -0.969. The number of carbonyl (C=O) groups is 1. The van der Waals surface area contributed by atoms with Gasteiger partial charge in [0.25, 0.3) is 0 Å². The predicted octanol–water partition coefficient (Wildman–Crippen LogP) is 3.05. The van der Waals surface area contributed by atoms with E-state index in [0.717, 1.165) is 16.5 Å². The molecule has 0 amide bonds. The number of carbonyl (C=O) groups excluding carboxylic acids is 1. The summed E-state index contributed by atoms with van der Waals surface area (Å²) in [6.07, 6.45) is 0.853. The molecule has 0 aliphatic heterocycles. The highest BCUT2D eigenvalue weighted by atomic mass is 79.9. The molecule has 0 fully saturated rings. The summed E-state index contributed by atoms with van der Waals surface area (Å²) in [6, 6.07) is 4.84. The van der Waals surface area contributed by atoms with Crippen molar-refractivity contribution in [3.63, 3.8) is 0 Å². The monoisotopic (exact) mass is 246 g/mol. The molecule has 1 aromatic carbocycles. The van der Waals surface area contributed by atoms with Crippen LogP contribution in [0, 0.1) is 0 Å². The van der Waals surface area contributed by atoms with Gasteiger partial charge in [-0.05, 0) is 24.1 Å². The molecule has 70 valence electrons. The summed E-state index contributed by atoms with van der Waals surface area (Å²) < 4.78 is 12.3. The second-order valence-corrected chi connectivity index (χ2v) is 3.38. The molecule has 0 aliphatic carbocycles. The Morgan fingerprint density at radius 3 is 2.77 bits per heavy atom. The number of hydrogen-bond acceptors (Lipinski definition) is 2. The molecular formula is C9H8BrFO2. The molecule has 0 unspecified atom stereocenters. The van der Waals surface area contributed by atoms with E-state index in [1.54, 1.807) is 12.1 Å². The molecule has 0 atom stereocenters. The average Bonchev–Trinajstić information content (AvgIpc) is 2.16. The predicted molar refractivity (Wildman–Crippen MR) is 50.0 cm³/mol. The lowest BCUT2D eigenvalue weighted by atomic mass is 10.1. The fraction of sp³-hybridized carbons (Fsp3) is 0.222. The van der Waals surface area contributed by atoms with Crippen LogP contribution in [0.3, 0.4) is 0 Å². The van der Waals surface area contributed by atoms with Crippen LogP contribution in [0.2, 0.25) is 0 Å². The van der Waals surface area contributed by atoms with Crippen LogP contribution in [-0.2, 0) is 11.4 Å². The zero-order chi connectivity index (χ0) is 9.84. The van der Waals surface area contributed by atoms with E-state index < -0.39 is 5.97 Å². The second-order valence-electron chi connectivity index (χ2n) is 2.52. The van der Waals surface area contributed by atoms with Crippen LogP contribution in [0.25, 0.3) is 0 Å². The van der Waals surface area contributed by atoms with E-state index in [-0.39, 0.29) is 5.56 Å². The highest BCUT2D eigenvalue weighted by Crippen LogP contribution is 2.19. The highest BCUT2D eigenvalue weighted by Gasteiger charge is 2.09. The van der Waals surface area contributed by atoms with Gasteiger partial charge in [0.1, 0.15) is 0 Å². The van der Waals surface area contributed by atoms with E-state index in [1.165, 1.54) is 6.07 Å². The smallest absolute Gasteiger partial charge is 0.249 e. The summed E-state index contributed by atoms with van der Waals surface area (Å²) in [4.78, 5) is 13.9. The lowest BCUT2D eigenvalue weighted by Gasteiger charge is -2.01. The fourth-order valence-electron chi connectivity index (χ4n) is 1.01. The lowest BCUT2D eigenvalue weighted by Crippen LogP contribution is -1.99. The number of halogens is 2. The van der Waals surface area contributed by atoms with E-state index >= 15 is 0 Å². The molecule has 1 aromatic rings. The van der Waals surface area contributed by atoms with Gasteiger partial charge in [0.05, 0.1) is 5.56 Å². The van der Waals surface area contributed by atoms with Crippen LogP contribution in [0.1, 0.15) is 22.8 Å². The largest absolute Gasteiger partial charge is 0.379 e. The van der Waals surface area contributed by atoms with Crippen LogP contribution in [0.5, 0.6) is 0 Å². The minimum absolute atomic E-state index is 0.201. The number of rotatable bonds is 2. The maximum Gasteiger partial charge on any atom is 0.379 e. The Labute approximate surface area is 83.7 Å². The first-order valence-corrected chi connectivity index (χ1v) is 4.59. The molecule has 0 saturated heterocycles. The van der Waals surface area contributed by atoms with Gasteiger partial charge in [-0.3, -0.25) is 0 Å². The maximum atomic E-state index is 11.5. The average molecular weight is 247 g/mol. The van der Waals surface area contributed by atoms with Gasteiger partial charge in [-0.15, -0.1) is 0 Å². The molecule has 0 spiro atoms. The molecule has 0 heterocycles. The van der Waals surface area contributed by atoms with Crippen LogP contribution < -0.4 is 0 Å². The molecule has 1 rings (SSSR count). The van der Waals surface area contributed by atoms with Crippen molar-refractivity contribution in [2.24, 2.45) is 0 Å². The SMILES string of the molecule is CCc1ccc(C(=O)OF)cc1Br. The van der Waals surface area contributed by atoms with Crippen molar-refractivity contribution < 1.29 is 14.3 Å². The van der Waals surface area contributed by atoms with Gasteiger partial charge in [0.15, 0.2) is 0 Å². The van der Waals surface area contributed by atoms with Gasteiger partial charge in [-0.2, -0.15) is 0 Å². The van der Waals surface area contributed by atoms with Crippen LogP contribution in [0.15, 0.2) is 22.7 Å². The summed E-state index contributed by atoms with van der Waals surface area (Å²) in [5.74, 6) is -0.969. The molecule has 0 radical (unpaired) electrons. The van der Waals surface area contributed by atoms with Crippen molar-refractivity contribution in [3.05, 3.63) is 33.8 Å². The first-order valence-electron chi connectivity index (χ1n) is 3.80. The second kappa shape index (κ2) is 4.37. The molecule has 0 N–H and O–H groups in total. The molecular weight excluding hydrogens is 239 g/mol. The van der Waals surface area contributed by atoms with Gasteiger partial charge < -0.3 is 0 Å². The first-order chi connectivity index (χ1) is 6.19. The highest BCUT2D eigenvalue weighted by molar-refractivity contribution is 9.10. The lowest BCUT2D eigenvalue weighted by molar-refractivity contribution is -0.0788. The molecule has 13 heavy (non-hydrogen) atoms. The van der Waals surface area contributed by atoms with Crippen molar-refractivity contribution in [1.29, 1.82) is 0 Å². The van der Waals surface area contributed by atoms with Gasteiger partial charge in [-0.1, -0.05) is 28.9 Å². The third kappa shape index (κ3) is 2.28. The third-order valence-electron chi connectivity index (χ3n) is 1.74. The van der Waals surface area contributed by atoms with E-state index in [4.69, 9.17) is 0 Å². The topological polar surface area (TPSA) is 26.3 Å². The van der Waals surface area contributed by atoms with Crippen molar-refractivity contribution in [3.8, 4) is 0 Å².